The minimum Gasteiger partial charge on any atom is -0.506 e. The largest absolute Gasteiger partial charge is 0.506 e. The first-order chi connectivity index (χ1) is 13.5. The minimum absolute atomic E-state index is 0.00871. The molecule has 3 rings (SSSR count). The summed E-state index contributed by atoms with van der Waals surface area (Å²) in [6.45, 7) is 0. The lowest BCUT2D eigenvalue weighted by Crippen LogP contribution is -2.38. The molecule has 0 aliphatic heterocycles. The van der Waals surface area contributed by atoms with Crippen molar-refractivity contribution in [1.29, 1.82) is 0 Å². The van der Waals surface area contributed by atoms with Gasteiger partial charge in [0.05, 0.1) is 15.1 Å². The number of phenols is 2. The molecule has 1 unspecified atom stereocenters. The normalized spacial score (nSPS) is 13.8. The Hall–Kier alpha value is -1.67. The lowest BCUT2D eigenvalue weighted by Gasteiger charge is -2.34. The quantitative estimate of drug-likeness (QED) is 0.311. The van der Waals surface area contributed by atoms with E-state index in [4.69, 9.17) is 46.4 Å². The molecule has 3 aromatic rings. The summed E-state index contributed by atoms with van der Waals surface area (Å²) in [5.41, 5.74) is -0.535. The van der Waals surface area contributed by atoms with Gasteiger partial charge in [0.25, 0.3) is 10.1 Å². The van der Waals surface area contributed by atoms with Crippen LogP contribution in [0.15, 0.2) is 54.6 Å². The van der Waals surface area contributed by atoms with Crippen LogP contribution in [0.5, 0.6) is 11.5 Å². The molecule has 0 aliphatic rings. The predicted molar refractivity (Wildman–Crippen MR) is 114 cm³/mol. The van der Waals surface area contributed by atoms with Crippen molar-refractivity contribution < 1.29 is 23.2 Å². The van der Waals surface area contributed by atoms with Gasteiger partial charge in [-0.1, -0.05) is 76.7 Å². The van der Waals surface area contributed by atoms with Crippen LogP contribution in [0.25, 0.3) is 0 Å². The summed E-state index contributed by atoms with van der Waals surface area (Å²) in [6, 6.07) is 12.0. The van der Waals surface area contributed by atoms with Crippen molar-refractivity contribution in [2.45, 2.75) is 4.75 Å². The molecule has 5 nitrogen and oxygen atoms in total. The molecule has 0 fully saturated rings. The molecule has 0 radical (unpaired) electrons. The third kappa shape index (κ3) is 3.54. The van der Waals surface area contributed by atoms with E-state index < -0.39 is 31.4 Å². The van der Waals surface area contributed by atoms with Gasteiger partial charge in [-0.3, -0.25) is 4.55 Å². The Morgan fingerprint density at radius 1 is 0.724 bits per heavy atom. The van der Waals surface area contributed by atoms with E-state index in [9.17, 15) is 23.2 Å². The summed E-state index contributed by atoms with van der Waals surface area (Å²) >= 11 is 24.1. The zero-order chi connectivity index (χ0) is 21.6. The van der Waals surface area contributed by atoms with Crippen molar-refractivity contribution in [3.63, 3.8) is 0 Å². The van der Waals surface area contributed by atoms with E-state index in [0.717, 1.165) is 0 Å². The zero-order valence-corrected chi connectivity index (χ0v) is 18.1. The van der Waals surface area contributed by atoms with Gasteiger partial charge in [0.2, 0.25) is 0 Å². The highest BCUT2D eigenvalue weighted by molar-refractivity contribution is 7.87. The Kier molecular flexibility index (Phi) is 5.98. The number of benzene rings is 3. The molecule has 0 amide bonds. The SMILES string of the molecule is O=S(=O)(O)C(c1ccc(Cl)cc1)(c1cccc(Cl)c1O)c1ccc(Cl)c(O)c1Cl. The number of aromatic hydroxyl groups is 2. The van der Waals surface area contributed by atoms with E-state index in [1.807, 2.05) is 0 Å². The van der Waals surface area contributed by atoms with Gasteiger partial charge < -0.3 is 10.2 Å². The standard InChI is InChI=1S/C19H12Cl4O5S/c20-11-6-4-10(5-7-11)19(29(26,27)28,13-2-1-3-14(21)17(13)24)12-8-9-15(22)18(25)16(12)23/h1-9,24-25H,(H,26,27,28). The zero-order valence-electron chi connectivity index (χ0n) is 14.3. The van der Waals surface area contributed by atoms with Gasteiger partial charge in [0, 0.05) is 16.1 Å². The molecule has 29 heavy (non-hydrogen) atoms. The van der Waals surface area contributed by atoms with Gasteiger partial charge in [-0.25, -0.2) is 0 Å². The van der Waals surface area contributed by atoms with Crippen LogP contribution < -0.4 is 0 Å². The molecule has 0 bridgehead atoms. The van der Waals surface area contributed by atoms with E-state index in [1.54, 1.807) is 0 Å². The van der Waals surface area contributed by atoms with Gasteiger partial charge in [-0.2, -0.15) is 8.42 Å². The second kappa shape index (κ2) is 7.87. The van der Waals surface area contributed by atoms with E-state index in [0.29, 0.717) is 5.02 Å². The fraction of sp³-hybridized carbons (Fsp3) is 0.0526. The highest BCUT2D eigenvalue weighted by Crippen LogP contribution is 2.52. The maximum absolute atomic E-state index is 12.9. The first-order valence-corrected chi connectivity index (χ1v) is 10.9. The summed E-state index contributed by atoms with van der Waals surface area (Å²) in [6.07, 6.45) is 0. The van der Waals surface area contributed by atoms with E-state index in [-0.39, 0.29) is 26.7 Å². The molecule has 0 aromatic heterocycles. The Bertz CT molecular complexity index is 1200. The van der Waals surface area contributed by atoms with E-state index >= 15 is 0 Å². The molecule has 0 heterocycles. The van der Waals surface area contributed by atoms with Crippen molar-refractivity contribution in [1.82, 2.24) is 0 Å². The fourth-order valence-electron chi connectivity index (χ4n) is 3.18. The molecule has 0 aliphatic carbocycles. The molecule has 3 N–H and O–H groups in total. The van der Waals surface area contributed by atoms with Crippen LogP contribution in [0.1, 0.15) is 16.7 Å². The van der Waals surface area contributed by atoms with Crippen LogP contribution in [0.4, 0.5) is 0 Å². The molecular formula is C19H12Cl4O5S. The molecule has 3 aromatic carbocycles. The van der Waals surface area contributed by atoms with Gasteiger partial charge in [-0.15, -0.1) is 0 Å². The van der Waals surface area contributed by atoms with Crippen LogP contribution >= 0.6 is 46.4 Å². The van der Waals surface area contributed by atoms with Gasteiger partial charge in [-0.05, 0) is 29.8 Å². The van der Waals surface area contributed by atoms with Gasteiger partial charge >= 0.3 is 0 Å². The summed E-state index contributed by atoms with van der Waals surface area (Å²) in [5, 5.41) is 20.4. The summed E-state index contributed by atoms with van der Waals surface area (Å²) in [7, 11) is -5.09. The van der Waals surface area contributed by atoms with Gasteiger partial charge in [0.15, 0.2) is 10.5 Å². The lowest BCUT2D eigenvalue weighted by molar-refractivity contribution is 0.439. The Morgan fingerprint density at radius 2 is 1.31 bits per heavy atom. The average molecular weight is 494 g/mol. The van der Waals surface area contributed by atoms with Crippen LogP contribution in [0, 0.1) is 0 Å². The first-order valence-electron chi connectivity index (χ1n) is 7.90. The van der Waals surface area contributed by atoms with Crippen molar-refractivity contribution in [3.8, 4) is 11.5 Å². The molecular weight excluding hydrogens is 482 g/mol. The molecule has 0 saturated carbocycles. The second-order valence-electron chi connectivity index (χ2n) is 6.06. The number of halogens is 4. The minimum atomic E-state index is -5.09. The van der Waals surface area contributed by atoms with Crippen LogP contribution in [-0.4, -0.2) is 23.2 Å². The molecule has 0 spiro atoms. The summed E-state index contributed by atoms with van der Waals surface area (Å²) in [5.74, 6) is -1.18. The van der Waals surface area contributed by atoms with E-state index in [1.165, 1.54) is 54.6 Å². The van der Waals surface area contributed by atoms with Crippen LogP contribution in [-0.2, 0) is 14.9 Å². The van der Waals surface area contributed by atoms with Crippen molar-refractivity contribution >= 4 is 56.5 Å². The number of rotatable bonds is 4. The van der Waals surface area contributed by atoms with E-state index in [2.05, 4.69) is 0 Å². The third-order valence-corrected chi connectivity index (χ3v) is 7.14. The van der Waals surface area contributed by atoms with Gasteiger partial charge in [0.1, 0.15) is 5.75 Å². The summed E-state index contributed by atoms with van der Waals surface area (Å²) in [4.78, 5) is 0. The Balaban J connectivity index is 2.61. The number of para-hydroxylation sites is 1. The smallest absolute Gasteiger partial charge is 0.283 e. The second-order valence-corrected chi connectivity index (χ2v) is 9.25. The number of hydrogen-bond donors (Lipinski definition) is 3. The molecule has 10 heteroatoms. The lowest BCUT2D eigenvalue weighted by atomic mass is 9.83. The topological polar surface area (TPSA) is 94.8 Å². The Morgan fingerprint density at radius 3 is 1.90 bits per heavy atom. The molecule has 0 saturated heterocycles. The molecule has 152 valence electrons. The fourth-order valence-corrected chi connectivity index (χ4v) is 5.37. The monoisotopic (exact) mass is 492 g/mol. The summed E-state index contributed by atoms with van der Waals surface area (Å²) < 4.78 is 33.9. The first kappa shape index (κ1) is 22.0. The highest BCUT2D eigenvalue weighted by atomic mass is 35.5. The van der Waals surface area contributed by atoms with Crippen molar-refractivity contribution in [2.24, 2.45) is 0 Å². The van der Waals surface area contributed by atoms with Crippen molar-refractivity contribution in [2.75, 3.05) is 0 Å². The maximum atomic E-state index is 12.9. The highest BCUT2D eigenvalue weighted by Gasteiger charge is 2.52. The Labute approximate surface area is 186 Å². The van der Waals surface area contributed by atoms with Crippen molar-refractivity contribution in [3.05, 3.63) is 91.4 Å². The van der Waals surface area contributed by atoms with Crippen LogP contribution in [0.2, 0.25) is 20.1 Å². The third-order valence-electron chi connectivity index (χ3n) is 4.45. The van der Waals surface area contributed by atoms with Crippen LogP contribution in [0.3, 0.4) is 0 Å². The average Bonchev–Trinajstić information content (AvgIpc) is 2.65. The number of hydrogen-bond acceptors (Lipinski definition) is 4. The maximum Gasteiger partial charge on any atom is 0.283 e. The number of phenolic OH excluding ortho intramolecular Hbond substituents is 2. The predicted octanol–water partition coefficient (Wildman–Crippen LogP) is 5.89. The molecule has 1 atom stereocenters.